The minimum atomic E-state index is -0.862. The molecule has 1 saturated heterocycles. The van der Waals surface area contributed by atoms with Crippen molar-refractivity contribution in [3.8, 4) is 0 Å². The summed E-state index contributed by atoms with van der Waals surface area (Å²) in [6.45, 7) is 4.09. The maximum absolute atomic E-state index is 13.3. The van der Waals surface area contributed by atoms with E-state index in [1.165, 1.54) is 6.07 Å². The summed E-state index contributed by atoms with van der Waals surface area (Å²) < 4.78 is 26.3. The molecule has 8 heteroatoms. The lowest BCUT2D eigenvalue weighted by molar-refractivity contribution is -0.119. The Morgan fingerprint density at radius 1 is 1.21 bits per heavy atom. The van der Waals surface area contributed by atoms with Crippen molar-refractivity contribution < 1.29 is 18.4 Å². The van der Waals surface area contributed by atoms with Gasteiger partial charge in [0.2, 0.25) is 5.91 Å². The number of amides is 3. The molecule has 1 atom stereocenters. The van der Waals surface area contributed by atoms with Crippen LogP contribution in [0.5, 0.6) is 0 Å². The monoisotopic (exact) mass is 340 g/mol. The Balaban J connectivity index is 1.72. The molecule has 1 fully saturated rings. The molecule has 132 valence electrons. The van der Waals surface area contributed by atoms with Crippen molar-refractivity contribution in [1.82, 2.24) is 16.0 Å². The molecule has 1 aromatic rings. The van der Waals surface area contributed by atoms with Crippen molar-refractivity contribution in [2.45, 2.75) is 13.3 Å². The summed E-state index contributed by atoms with van der Waals surface area (Å²) in [6, 6.07) is 3.45. The van der Waals surface area contributed by atoms with E-state index in [0.717, 1.165) is 19.0 Å². The van der Waals surface area contributed by atoms with Crippen LogP contribution in [0.15, 0.2) is 18.2 Å². The zero-order valence-electron chi connectivity index (χ0n) is 13.6. The second-order valence-corrected chi connectivity index (χ2v) is 5.72. The van der Waals surface area contributed by atoms with Crippen LogP contribution < -0.4 is 20.9 Å². The van der Waals surface area contributed by atoms with E-state index in [2.05, 4.69) is 16.0 Å². The topological polar surface area (TPSA) is 73.5 Å². The molecular formula is C16H22F2N4O2. The molecule has 1 heterocycles. The van der Waals surface area contributed by atoms with Gasteiger partial charge in [-0.05, 0) is 31.4 Å². The lowest BCUT2D eigenvalue weighted by Gasteiger charge is -2.19. The molecule has 3 amide bonds. The largest absolute Gasteiger partial charge is 0.371 e. The van der Waals surface area contributed by atoms with Crippen LogP contribution in [0.3, 0.4) is 0 Å². The van der Waals surface area contributed by atoms with Gasteiger partial charge in [0.25, 0.3) is 0 Å². The van der Waals surface area contributed by atoms with Crippen LogP contribution in [-0.2, 0) is 4.79 Å². The minimum absolute atomic E-state index is 0.0642. The standard InChI is InChI=1S/C16H22F2N4O2/c1-2-19-15(23)9-21-16(24)20-8-11-5-6-22(10-11)12-3-4-13(17)14(18)7-12/h3-4,7,11H,2,5-6,8-10H2,1H3,(H,19,23)(H2,20,21,24). The van der Waals surface area contributed by atoms with Gasteiger partial charge in [-0.2, -0.15) is 0 Å². The van der Waals surface area contributed by atoms with Gasteiger partial charge >= 0.3 is 6.03 Å². The van der Waals surface area contributed by atoms with E-state index in [-0.39, 0.29) is 18.4 Å². The number of rotatable bonds is 6. The van der Waals surface area contributed by atoms with E-state index in [4.69, 9.17) is 0 Å². The smallest absolute Gasteiger partial charge is 0.315 e. The predicted molar refractivity (Wildman–Crippen MR) is 86.8 cm³/mol. The van der Waals surface area contributed by atoms with Gasteiger partial charge in [0.05, 0.1) is 6.54 Å². The Labute approximate surface area is 139 Å². The number of nitrogens with one attached hydrogen (secondary N) is 3. The number of benzene rings is 1. The molecule has 1 aliphatic rings. The number of carbonyl (C=O) groups is 2. The summed E-state index contributed by atoms with van der Waals surface area (Å²) in [5, 5.41) is 7.79. The molecule has 3 N–H and O–H groups in total. The normalized spacial score (nSPS) is 16.8. The first-order valence-corrected chi connectivity index (χ1v) is 7.98. The summed E-state index contributed by atoms with van der Waals surface area (Å²) in [5.74, 6) is -1.75. The van der Waals surface area contributed by atoms with Gasteiger partial charge < -0.3 is 20.9 Å². The average molecular weight is 340 g/mol. The Kier molecular flexibility index (Phi) is 6.34. The van der Waals surface area contributed by atoms with Gasteiger partial charge in [0, 0.05) is 37.9 Å². The first kappa shape index (κ1) is 18.0. The molecule has 6 nitrogen and oxygen atoms in total. The first-order chi connectivity index (χ1) is 11.5. The fraction of sp³-hybridized carbons (Fsp3) is 0.500. The van der Waals surface area contributed by atoms with Crippen molar-refractivity contribution in [3.63, 3.8) is 0 Å². The molecule has 0 aliphatic carbocycles. The quantitative estimate of drug-likeness (QED) is 0.729. The fourth-order valence-electron chi connectivity index (χ4n) is 2.64. The molecule has 0 spiro atoms. The van der Waals surface area contributed by atoms with Gasteiger partial charge in [-0.3, -0.25) is 4.79 Å². The second-order valence-electron chi connectivity index (χ2n) is 5.72. The van der Waals surface area contributed by atoms with Crippen LogP contribution in [0.4, 0.5) is 19.3 Å². The minimum Gasteiger partial charge on any atom is -0.371 e. The van der Waals surface area contributed by atoms with Gasteiger partial charge in [0.15, 0.2) is 11.6 Å². The van der Waals surface area contributed by atoms with Gasteiger partial charge in [-0.1, -0.05) is 0 Å². The number of carbonyl (C=O) groups excluding carboxylic acids is 2. The average Bonchev–Trinajstić information content (AvgIpc) is 3.03. The third-order valence-corrected chi connectivity index (χ3v) is 3.89. The highest BCUT2D eigenvalue weighted by Crippen LogP contribution is 2.24. The summed E-state index contributed by atoms with van der Waals surface area (Å²) in [6.07, 6.45) is 0.843. The first-order valence-electron chi connectivity index (χ1n) is 7.98. The summed E-state index contributed by atoms with van der Waals surface area (Å²) in [5.41, 5.74) is 0.636. The predicted octanol–water partition coefficient (Wildman–Crippen LogP) is 1.23. The summed E-state index contributed by atoms with van der Waals surface area (Å²) >= 11 is 0. The highest BCUT2D eigenvalue weighted by Gasteiger charge is 2.23. The van der Waals surface area contributed by atoms with Crippen LogP contribution >= 0.6 is 0 Å². The molecule has 0 radical (unpaired) electrons. The van der Waals surface area contributed by atoms with Crippen LogP contribution in [-0.4, -0.2) is 44.7 Å². The molecule has 1 unspecified atom stereocenters. The number of halogens is 2. The third kappa shape index (κ3) is 5.07. The number of urea groups is 1. The Hall–Kier alpha value is -2.38. The van der Waals surface area contributed by atoms with E-state index in [9.17, 15) is 18.4 Å². The SMILES string of the molecule is CCNC(=O)CNC(=O)NCC1CCN(c2ccc(F)c(F)c2)C1. The maximum Gasteiger partial charge on any atom is 0.315 e. The van der Waals surface area contributed by atoms with E-state index >= 15 is 0 Å². The molecule has 1 aliphatic heterocycles. The van der Waals surface area contributed by atoms with Crippen molar-refractivity contribution >= 4 is 17.6 Å². The van der Waals surface area contributed by atoms with E-state index in [0.29, 0.717) is 25.3 Å². The van der Waals surface area contributed by atoms with Crippen molar-refractivity contribution in [1.29, 1.82) is 0 Å². The number of hydrogen-bond donors (Lipinski definition) is 3. The number of likely N-dealkylation sites (N-methyl/N-ethyl adjacent to an activating group) is 1. The maximum atomic E-state index is 13.3. The van der Waals surface area contributed by atoms with Crippen molar-refractivity contribution in [2.75, 3.05) is 37.6 Å². The highest BCUT2D eigenvalue weighted by atomic mass is 19.2. The van der Waals surface area contributed by atoms with Crippen molar-refractivity contribution in [3.05, 3.63) is 29.8 Å². The fourth-order valence-corrected chi connectivity index (χ4v) is 2.64. The van der Waals surface area contributed by atoms with Gasteiger partial charge in [-0.15, -0.1) is 0 Å². The second kappa shape index (κ2) is 8.47. The van der Waals surface area contributed by atoms with Crippen LogP contribution in [0, 0.1) is 17.6 Å². The Bertz CT molecular complexity index is 597. The van der Waals surface area contributed by atoms with Crippen molar-refractivity contribution in [2.24, 2.45) is 5.92 Å². The van der Waals surface area contributed by atoms with Gasteiger partial charge in [0.1, 0.15) is 0 Å². The molecule has 0 bridgehead atoms. The lowest BCUT2D eigenvalue weighted by atomic mass is 10.1. The van der Waals surface area contributed by atoms with Gasteiger partial charge in [-0.25, -0.2) is 13.6 Å². The van der Waals surface area contributed by atoms with Crippen LogP contribution in [0.25, 0.3) is 0 Å². The number of nitrogens with zero attached hydrogens (tertiary/aromatic N) is 1. The molecule has 24 heavy (non-hydrogen) atoms. The van der Waals surface area contributed by atoms with Crippen LogP contribution in [0.2, 0.25) is 0 Å². The van der Waals surface area contributed by atoms with Crippen LogP contribution in [0.1, 0.15) is 13.3 Å². The van der Waals surface area contributed by atoms with E-state index < -0.39 is 17.7 Å². The molecular weight excluding hydrogens is 318 g/mol. The van der Waals surface area contributed by atoms with E-state index in [1.807, 2.05) is 4.90 Å². The zero-order valence-corrected chi connectivity index (χ0v) is 13.6. The molecule has 0 aromatic heterocycles. The molecule has 1 aromatic carbocycles. The zero-order chi connectivity index (χ0) is 17.5. The number of anilines is 1. The molecule has 0 saturated carbocycles. The highest BCUT2D eigenvalue weighted by molar-refractivity contribution is 5.83. The number of hydrogen-bond acceptors (Lipinski definition) is 3. The third-order valence-electron chi connectivity index (χ3n) is 3.89. The van der Waals surface area contributed by atoms with E-state index in [1.54, 1.807) is 13.0 Å². The lowest BCUT2D eigenvalue weighted by Crippen LogP contribution is -2.43. The molecule has 2 rings (SSSR count). The Morgan fingerprint density at radius 2 is 2.00 bits per heavy atom. The Morgan fingerprint density at radius 3 is 2.71 bits per heavy atom. The summed E-state index contributed by atoms with van der Waals surface area (Å²) in [7, 11) is 0. The summed E-state index contributed by atoms with van der Waals surface area (Å²) in [4.78, 5) is 24.8.